The van der Waals surface area contributed by atoms with E-state index < -0.39 is 0 Å². The minimum absolute atomic E-state index is 0.312. The molecule has 1 aromatic rings. The lowest BCUT2D eigenvalue weighted by molar-refractivity contribution is -0.118. The van der Waals surface area contributed by atoms with E-state index in [2.05, 4.69) is 47.2 Å². The van der Waals surface area contributed by atoms with E-state index in [1.807, 2.05) is 13.8 Å². The molecule has 4 aliphatic carbocycles. The quantitative estimate of drug-likeness (QED) is 0.562. The highest BCUT2D eigenvalue weighted by Gasteiger charge is 2.59. The van der Waals surface area contributed by atoms with Crippen LogP contribution in [0.2, 0.25) is 0 Å². The monoisotopic (exact) mass is 435 g/mol. The maximum Gasteiger partial charge on any atom is 0.162 e. The van der Waals surface area contributed by atoms with Gasteiger partial charge in [0.1, 0.15) is 0 Å². The van der Waals surface area contributed by atoms with Crippen molar-refractivity contribution < 1.29 is 9.47 Å². The second-order valence-corrected chi connectivity index (χ2v) is 10.9. The predicted molar refractivity (Wildman–Crippen MR) is 113 cm³/mol. The van der Waals surface area contributed by atoms with Crippen LogP contribution in [-0.4, -0.2) is 18.8 Å². The molecule has 4 heteroatoms. The summed E-state index contributed by atoms with van der Waals surface area (Å²) in [5.41, 5.74) is 2.64. The zero-order valence-electron chi connectivity index (χ0n) is 17.3. The third-order valence-electron chi connectivity index (χ3n) is 6.99. The fourth-order valence-electron chi connectivity index (χ4n) is 7.18. The van der Waals surface area contributed by atoms with Crippen LogP contribution in [-0.2, 0) is 6.54 Å². The molecule has 1 aromatic carbocycles. The summed E-state index contributed by atoms with van der Waals surface area (Å²) in [7, 11) is 0. The molecule has 2 unspecified atom stereocenters. The van der Waals surface area contributed by atoms with Gasteiger partial charge in [0.2, 0.25) is 0 Å². The Hall–Kier alpha value is -0.740. The van der Waals surface area contributed by atoms with Crippen molar-refractivity contribution in [2.24, 2.45) is 16.7 Å². The van der Waals surface area contributed by atoms with E-state index in [1.54, 1.807) is 0 Å². The van der Waals surface area contributed by atoms with Crippen molar-refractivity contribution in [1.29, 1.82) is 0 Å². The number of hydrogen-bond acceptors (Lipinski definition) is 3. The molecule has 0 heterocycles. The van der Waals surface area contributed by atoms with Crippen LogP contribution in [0.5, 0.6) is 11.5 Å². The number of benzene rings is 1. The summed E-state index contributed by atoms with van der Waals surface area (Å²) in [5.74, 6) is 2.58. The minimum Gasteiger partial charge on any atom is -0.490 e. The largest absolute Gasteiger partial charge is 0.490 e. The summed E-state index contributed by atoms with van der Waals surface area (Å²) in [6.07, 6.45) is 8.31. The van der Waals surface area contributed by atoms with Crippen molar-refractivity contribution >= 4 is 15.9 Å². The van der Waals surface area contributed by atoms with Gasteiger partial charge in [0, 0.05) is 16.6 Å². The molecule has 27 heavy (non-hydrogen) atoms. The van der Waals surface area contributed by atoms with Crippen LogP contribution in [0.15, 0.2) is 16.6 Å². The summed E-state index contributed by atoms with van der Waals surface area (Å²) in [6, 6.07) is 4.21. The van der Waals surface area contributed by atoms with E-state index >= 15 is 0 Å². The molecule has 5 rings (SSSR count). The first-order chi connectivity index (χ1) is 12.8. The van der Waals surface area contributed by atoms with E-state index in [0.717, 1.165) is 28.4 Å². The molecule has 4 aliphatic rings. The predicted octanol–water partition coefficient (Wildman–Crippen LogP) is 6.09. The van der Waals surface area contributed by atoms with Crippen LogP contribution in [0.3, 0.4) is 0 Å². The Bertz CT molecular complexity index is 701. The number of hydrogen-bond donors (Lipinski definition) is 1. The molecule has 0 aromatic heterocycles. The summed E-state index contributed by atoms with van der Waals surface area (Å²) >= 11 is 3.76. The van der Waals surface area contributed by atoms with Gasteiger partial charge in [-0.2, -0.15) is 0 Å². The Morgan fingerprint density at radius 2 is 1.56 bits per heavy atom. The molecule has 0 saturated heterocycles. The van der Waals surface area contributed by atoms with Gasteiger partial charge in [-0.05, 0) is 86.8 Å². The Morgan fingerprint density at radius 1 is 0.963 bits per heavy atom. The molecule has 0 radical (unpaired) electrons. The fourth-order valence-corrected chi connectivity index (χ4v) is 7.64. The first-order valence-electron chi connectivity index (χ1n) is 10.6. The second-order valence-electron chi connectivity index (χ2n) is 10.0. The summed E-state index contributed by atoms with van der Waals surface area (Å²) in [4.78, 5) is 0. The van der Waals surface area contributed by atoms with Crippen molar-refractivity contribution in [3.8, 4) is 11.5 Å². The molecular weight excluding hydrogens is 402 g/mol. The van der Waals surface area contributed by atoms with Crippen molar-refractivity contribution in [2.75, 3.05) is 13.2 Å². The minimum atomic E-state index is 0.312. The molecule has 0 aliphatic heterocycles. The average molecular weight is 436 g/mol. The van der Waals surface area contributed by atoms with Crippen LogP contribution in [0.4, 0.5) is 0 Å². The van der Waals surface area contributed by atoms with Crippen molar-refractivity contribution in [3.63, 3.8) is 0 Å². The zero-order valence-corrected chi connectivity index (χ0v) is 18.9. The van der Waals surface area contributed by atoms with Gasteiger partial charge < -0.3 is 14.8 Å². The van der Waals surface area contributed by atoms with E-state index in [1.165, 1.54) is 44.1 Å². The van der Waals surface area contributed by atoms with E-state index in [9.17, 15) is 0 Å². The topological polar surface area (TPSA) is 30.5 Å². The van der Waals surface area contributed by atoms with Crippen LogP contribution >= 0.6 is 15.9 Å². The van der Waals surface area contributed by atoms with E-state index in [4.69, 9.17) is 9.47 Å². The summed E-state index contributed by atoms with van der Waals surface area (Å²) < 4.78 is 12.7. The van der Waals surface area contributed by atoms with Crippen LogP contribution in [0.25, 0.3) is 0 Å². The van der Waals surface area contributed by atoms with Crippen LogP contribution in [0.1, 0.15) is 71.8 Å². The smallest absolute Gasteiger partial charge is 0.162 e. The Morgan fingerprint density at radius 3 is 2.11 bits per heavy atom. The molecule has 4 saturated carbocycles. The maximum absolute atomic E-state index is 5.84. The van der Waals surface area contributed by atoms with Gasteiger partial charge in [0.05, 0.1) is 13.2 Å². The zero-order chi connectivity index (χ0) is 19.3. The first-order valence-corrected chi connectivity index (χ1v) is 11.4. The Labute approximate surface area is 172 Å². The van der Waals surface area contributed by atoms with Gasteiger partial charge in [-0.25, -0.2) is 0 Å². The lowest BCUT2D eigenvalue weighted by atomic mass is 9.43. The highest BCUT2D eigenvalue weighted by molar-refractivity contribution is 9.10. The second kappa shape index (κ2) is 6.95. The van der Waals surface area contributed by atoms with Gasteiger partial charge >= 0.3 is 0 Å². The molecule has 4 fully saturated rings. The highest BCUT2D eigenvalue weighted by atomic mass is 79.9. The summed E-state index contributed by atoms with van der Waals surface area (Å²) in [5, 5.41) is 4.03. The lowest BCUT2D eigenvalue weighted by Gasteiger charge is -2.65. The van der Waals surface area contributed by atoms with Gasteiger partial charge in [-0.3, -0.25) is 0 Å². The van der Waals surface area contributed by atoms with Crippen molar-refractivity contribution in [3.05, 3.63) is 22.2 Å². The standard InChI is InChI=1S/C23H34BrNO2/c1-5-26-19-7-17(18(24)8-20(19)27-6-2)12-25-23-11-16-9-21(3,14-23)13-22(4,10-16)15-23/h7-8,16,25H,5-6,9-15H2,1-4H3. The molecule has 4 bridgehead atoms. The number of halogens is 1. The average Bonchev–Trinajstić information content (AvgIpc) is 2.53. The van der Waals surface area contributed by atoms with Crippen LogP contribution < -0.4 is 14.8 Å². The van der Waals surface area contributed by atoms with Gasteiger partial charge in [-0.1, -0.05) is 29.8 Å². The normalized spacial score (nSPS) is 36.9. The van der Waals surface area contributed by atoms with Crippen molar-refractivity contribution in [1.82, 2.24) is 5.32 Å². The molecule has 0 spiro atoms. The van der Waals surface area contributed by atoms with Crippen LogP contribution in [0, 0.1) is 16.7 Å². The SMILES string of the molecule is CCOc1cc(Br)c(CNC23CC4CC(C)(CC(C)(C4)C2)C3)cc1OCC. The number of nitrogens with one attached hydrogen (secondary N) is 1. The summed E-state index contributed by atoms with van der Waals surface area (Å²) in [6.45, 7) is 11.3. The first kappa shape index (κ1) is 19.6. The molecule has 3 nitrogen and oxygen atoms in total. The maximum atomic E-state index is 5.84. The highest BCUT2D eigenvalue weighted by Crippen LogP contribution is 2.66. The molecular formula is C23H34BrNO2. The third-order valence-corrected chi connectivity index (χ3v) is 7.73. The van der Waals surface area contributed by atoms with Gasteiger partial charge in [0.25, 0.3) is 0 Å². The van der Waals surface area contributed by atoms with E-state index in [0.29, 0.717) is 29.6 Å². The number of ether oxygens (including phenoxy) is 2. The molecule has 150 valence electrons. The van der Waals surface area contributed by atoms with Gasteiger partial charge in [-0.15, -0.1) is 0 Å². The van der Waals surface area contributed by atoms with Crippen molar-refractivity contribution in [2.45, 2.75) is 78.3 Å². The van der Waals surface area contributed by atoms with Gasteiger partial charge in [0.15, 0.2) is 11.5 Å². The molecule has 2 atom stereocenters. The van der Waals surface area contributed by atoms with E-state index in [-0.39, 0.29) is 0 Å². The Kier molecular flexibility index (Phi) is 5.04. The molecule has 1 N–H and O–H groups in total. The Balaban J connectivity index is 1.54. The number of rotatable bonds is 7. The fraction of sp³-hybridized carbons (Fsp3) is 0.739. The molecule has 0 amide bonds. The lowest BCUT2D eigenvalue weighted by Crippen LogP contribution is -2.63. The third kappa shape index (κ3) is 3.76.